The quantitative estimate of drug-likeness (QED) is 0.623. The maximum absolute atomic E-state index is 11.4. The van der Waals surface area contributed by atoms with Crippen LogP contribution < -0.4 is 5.32 Å². The highest BCUT2D eigenvalue weighted by Crippen LogP contribution is 2.12. The number of aliphatic carboxylic acids is 1. The normalized spacial score (nSPS) is 11.9. The molecule has 1 rings (SSSR count). The van der Waals surface area contributed by atoms with E-state index >= 15 is 0 Å². The van der Waals surface area contributed by atoms with Crippen LogP contribution in [0.1, 0.15) is 12.5 Å². The Morgan fingerprint density at radius 1 is 1.24 bits per heavy atom. The predicted octanol–water partition coefficient (Wildman–Crippen LogP) is 2.49. The van der Waals surface area contributed by atoms with Crippen molar-refractivity contribution in [2.45, 2.75) is 13.3 Å². The van der Waals surface area contributed by atoms with Gasteiger partial charge in [0.25, 0.3) is 0 Å². The van der Waals surface area contributed by atoms with Crippen molar-refractivity contribution in [3.63, 3.8) is 0 Å². The average molecular weight is 285 g/mol. The zero-order chi connectivity index (χ0) is 15.8. The Balaban J connectivity index is 2.92. The summed E-state index contributed by atoms with van der Waals surface area (Å²) in [5, 5.41) is 11.7. The third kappa shape index (κ3) is 5.48. The SMILES string of the molecule is C=C(/C=C(\C=C(/C)C(=O)NC)C(=O)O)Cc1ccccc1. The van der Waals surface area contributed by atoms with Gasteiger partial charge < -0.3 is 10.4 Å². The number of hydrogen-bond donors (Lipinski definition) is 2. The molecule has 0 saturated heterocycles. The fraction of sp³-hybridized carbons (Fsp3) is 0.176. The Kier molecular flexibility index (Phi) is 6.14. The van der Waals surface area contributed by atoms with Crippen LogP contribution in [0.25, 0.3) is 0 Å². The number of allylic oxidation sites excluding steroid dienone is 2. The summed E-state index contributed by atoms with van der Waals surface area (Å²) in [5.41, 5.74) is 2.09. The molecule has 4 heteroatoms. The smallest absolute Gasteiger partial charge is 0.335 e. The summed E-state index contributed by atoms with van der Waals surface area (Å²) in [6, 6.07) is 9.65. The summed E-state index contributed by atoms with van der Waals surface area (Å²) < 4.78 is 0. The predicted molar refractivity (Wildman–Crippen MR) is 82.8 cm³/mol. The van der Waals surface area contributed by atoms with Crippen molar-refractivity contribution in [1.82, 2.24) is 5.32 Å². The Morgan fingerprint density at radius 2 is 1.86 bits per heavy atom. The number of amides is 1. The second-order valence-electron chi connectivity index (χ2n) is 4.63. The molecule has 4 nitrogen and oxygen atoms in total. The first-order valence-corrected chi connectivity index (χ1v) is 6.51. The third-order valence-electron chi connectivity index (χ3n) is 2.84. The fourth-order valence-electron chi connectivity index (χ4n) is 1.79. The molecule has 0 aliphatic rings. The minimum atomic E-state index is -1.09. The molecule has 0 fully saturated rings. The van der Waals surface area contributed by atoms with E-state index in [0.717, 1.165) is 5.56 Å². The van der Waals surface area contributed by atoms with E-state index in [4.69, 9.17) is 0 Å². The van der Waals surface area contributed by atoms with Gasteiger partial charge in [-0.2, -0.15) is 0 Å². The maximum Gasteiger partial charge on any atom is 0.335 e. The molecule has 0 saturated carbocycles. The summed E-state index contributed by atoms with van der Waals surface area (Å²) in [6.07, 6.45) is 3.39. The Bertz CT molecular complexity index is 598. The number of benzene rings is 1. The number of carboxylic acid groups (broad SMARTS) is 1. The van der Waals surface area contributed by atoms with E-state index in [2.05, 4.69) is 11.9 Å². The Morgan fingerprint density at radius 3 is 2.38 bits per heavy atom. The maximum atomic E-state index is 11.4. The first-order valence-electron chi connectivity index (χ1n) is 6.51. The zero-order valence-electron chi connectivity index (χ0n) is 12.2. The number of nitrogens with one attached hydrogen (secondary N) is 1. The molecule has 0 heterocycles. The van der Waals surface area contributed by atoms with E-state index in [1.54, 1.807) is 6.92 Å². The van der Waals surface area contributed by atoms with Crippen molar-refractivity contribution in [3.8, 4) is 0 Å². The largest absolute Gasteiger partial charge is 0.478 e. The summed E-state index contributed by atoms with van der Waals surface area (Å²) in [4.78, 5) is 22.7. The minimum Gasteiger partial charge on any atom is -0.478 e. The molecule has 2 N–H and O–H groups in total. The average Bonchev–Trinajstić information content (AvgIpc) is 2.46. The highest BCUT2D eigenvalue weighted by molar-refractivity contribution is 5.97. The molecule has 1 amide bonds. The topological polar surface area (TPSA) is 66.4 Å². The second kappa shape index (κ2) is 7.85. The van der Waals surface area contributed by atoms with E-state index in [-0.39, 0.29) is 11.5 Å². The standard InChI is InChI=1S/C17H19NO3/c1-12(9-14-7-5-4-6-8-14)10-15(17(20)21)11-13(2)16(19)18-3/h4-8,10-11H,1,9H2,2-3H3,(H,18,19)(H,20,21)/b13-11+,15-10+. The van der Waals surface area contributed by atoms with Crippen molar-refractivity contribution >= 4 is 11.9 Å². The lowest BCUT2D eigenvalue weighted by Crippen LogP contribution is -2.19. The van der Waals surface area contributed by atoms with E-state index in [1.807, 2.05) is 30.3 Å². The molecular weight excluding hydrogens is 266 g/mol. The third-order valence-corrected chi connectivity index (χ3v) is 2.84. The molecule has 0 unspecified atom stereocenters. The highest BCUT2D eigenvalue weighted by Gasteiger charge is 2.09. The van der Waals surface area contributed by atoms with Crippen molar-refractivity contribution in [2.75, 3.05) is 7.05 Å². The lowest BCUT2D eigenvalue weighted by Gasteiger charge is -2.04. The van der Waals surface area contributed by atoms with Crippen LogP contribution in [-0.2, 0) is 16.0 Å². The monoisotopic (exact) mass is 285 g/mol. The highest BCUT2D eigenvalue weighted by atomic mass is 16.4. The Hall–Kier alpha value is -2.62. The van der Waals surface area contributed by atoms with Gasteiger partial charge in [0.2, 0.25) is 5.91 Å². The van der Waals surface area contributed by atoms with Gasteiger partial charge in [-0.15, -0.1) is 0 Å². The number of carbonyl (C=O) groups excluding carboxylic acids is 1. The van der Waals surface area contributed by atoms with Gasteiger partial charge >= 0.3 is 5.97 Å². The summed E-state index contributed by atoms with van der Waals surface area (Å²) in [6.45, 7) is 5.44. The fourth-order valence-corrected chi connectivity index (χ4v) is 1.79. The number of likely N-dealkylation sites (N-methyl/N-ethyl adjacent to an activating group) is 1. The number of carbonyl (C=O) groups is 2. The van der Waals surface area contributed by atoms with Gasteiger partial charge in [-0.25, -0.2) is 4.79 Å². The molecule has 0 atom stereocenters. The molecule has 110 valence electrons. The van der Waals surface area contributed by atoms with Crippen molar-refractivity contribution in [2.24, 2.45) is 0 Å². The van der Waals surface area contributed by atoms with Crippen LogP contribution in [0.3, 0.4) is 0 Å². The van der Waals surface area contributed by atoms with Crippen LogP contribution in [0.15, 0.2) is 65.8 Å². The molecule has 1 aromatic rings. The van der Waals surface area contributed by atoms with E-state index < -0.39 is 5.97 Å². The summed E-state index contributed by atoms with van der Waals surface area (Å²) >= 11 is 0. The van der Waals surface area contributed by atoms with E-state index in [9.17, 15) is 14.7 Å². The first kappa shape index (κ1) is 16.4. The molecule has 0 radical (unpaired) electrons. The van der Waals surface area contributed by atoms with Gasteiger partial charge in [0.05, 0.1) is 5.57 Å². The molecular formula is C17H19NO3. The molecule has 0 aromatic heterocycles. The van der Waals surface area contributed by atoms with Crippen molar-refractivity contribution in [3.05, 3.63) is 71.3 Å². The molecule has 0 aliphatic heterocycles. The van der Waals surface area contributed by atoms with Gasteiger partial charge in [-0.3, -0.25) is 4.79 Å². The van der Waals surface area contributed by atoms with Gasteiger partial charge in [0.1, 0.15) is 0 Å². The first-order chi connectivity index (χ1) is 9.93. The van der Waals surface area contributed by atoms with Crippen LogP contribution in [0.2, 0.25) is 0 Å². The molecule has 0 bridgehead atoms. The van der Waals surface area contributed by atoms with Crippen molar-refractivity contribution in [1.29, 1.82) is 0 Å². The molecule has 21 heavy (non-hydrogen) atoms. The van der Waals surface area contributed by atoms with Crippen LogP contribution in [-0.4, -0.2) is 24.0 Å². The lowest BCUT2D eigenvalue weighted by atomic mass is 10.0. The number of carboxylic acids is 1. The van der Waals surface area contributed by atoms with Crippen LogP contribution in [0.4, 0.5) is 0 Å². The van der Waals surface area contributed by atoms with Gasteiger partial charge in [0, 0.05) is 12.6 Å². The van der Waals surface area contributed by atoms with Gasteiger partial charge in [-0.1, -0.05) is 36.9 Å². The number of hydrogen-bond acceptors (Lipinski definition) is 2. The molecule has 0 aliphatic carbocycles. The van der Waals surface area contributed by atoms with Crippen LogP contribution >= 0.6 is 0 Å². The van der Waals surface area contributed by atoms with Gasteiger partial charge in [-0.05, 0) is 36.6 Å². The Labute approximate surface area is 124 Å². The van der Waals surface area contributed by atoms with E-state index in [1.165, 1.54) is 19.2 Å². The van der Waals surface area contributed by atoms with Crippen LogP contribution in [0.5, 0.6) is 0 Å². The van der Waals surface area contributed by atoms with Crippen LogP contribution in [0, 0.1) is 0 Å². The minimum absolute atomic E-state index is 0.0389. The van der Waals surface area contributed by atoms with Gasteiger partial charge in [0.15, 0.2) is 0 Å². The summed E-state index contributed by atoms with van der Waals surface area (Å²) in [5.74, 6) is -1.40. The van der Waals surface area contributed by atoms with E-state index in [0.29, 0.717) is 17.6 Å². The zero-order valence-corrected chi connectivity index (χ0v) is 12.2. The second-order valence-corrected chi connectivity index (χ2v) is 4.63. The molecule has 0 spiro atoms. The molecule has 1 aromatic carbocycles. The number of rotatable bonds is 6. The van der Waals surface area contributed by atoms with Crippen molar-refractivity contribution < 1.29 is 14.7 Å². The lowest BCUT2D eigenvalue weighted by molar-refractivity contribution is -0.132. The summed E-state index contributed by atoms with van der Waals surface area (Å²) in [7, 11) is 1.50.